The van der Waals surface area contributed by atoms with Gasteiger partial charge < -0.3 is 0 Å². The lowest BCUT2D eigenvalue weighted by Gasteiger charge is -2.43. The smallest absolute Gasteiger partial charge is 0.232 e. The van der Waals surface area contributed by atoms with E-state index < -0.39 is 0 Å². The molecule has 4 nitrogen and oxygen atoms in total. The standard InChI is InChI=1S/C24H26N2O2/c1-15-5-6-19(16(2)11-15)26-20-13-24(3,4)14-21(27)23(20)18(12-22(26)28)17-7-9-25-10-8-17/h5-11,18H,12-14H2,1-4H3. The molecule has 0 N–H and O–H groups in total. The zero-order valence-corrected chi connectivity index (χ0v) is 17.0. The van der Waals surface area contributed by atoms with Crippen molar-refractivity contribution < 1.29 is 9.59 Å². The second-order valence-electron chi connectivity index (χ2n) is 8.86. The number of carbonyl (C=O) groups excluding carboxylic acids is 2. The lowest BCUT2D eigenvalue weighted by Crippen LogP contribution is -2.44. The van der Waals surface area contributed by atoms with E-state index in [1.54, 1.807) is 12.4 Å². The Kier molecular flexibility index (Phi) is 4.45. The summed E-state index contributed by atoms with van der Waals surface area (Å²) in [5, 5.41) is 0. The van der Waals surface area contributed by atoms with Gasteiger partial charge in [0.1, 0.15) is 0 Å². The highest BCUT2D eigenvalue weighted by atomic mass is 16.2. The Balaban J connectivity index is 1.92. The first-order valence-corrected chi connectivity index (χ1v) is 9.83. The Morgan fingerprint density at radius 3 is 2.43 bits per heavy atom. The van der Waals surface area contributed by atoms with Crippen LogP contribution in [0, 0.1) is 19.3 Å². The summed E-state index contributed by atoms with van der Waals surface area (Å²) in [6, 6.07) is 9.96. The van der Waals surface area contributed by atoms with Crippen LogP contribution in [-0.4, -0.2) is 16.7 Å². The number of Topliss-reactive ketones (excluding diaryl/α,β-unsaturated/α-hetero) is 1. The number of allylic oxidation sites excluding steroid dienone is 2. The molecule has 1 unspecified atom stereocenters. The van der Waals surface area contributed by atoms with Gasteiger partial charge in [0.15, 0.2) is 5.78 Å². The molecule has 0 bridgehead atoms. The van der Waals surface area contributed by atoms with Crippen molar-refractivity contribution in [1.82, 2.24) is 4.98 Å². The maximum Gasteiger partial charge on any atom is 0.232 e. The molecule has 2 aliphatic rings. The number of carbonyl (C=O) groups is 2. The minimum absolute atomic E-state index is 0.0537. The highest BCUT2D eigenvalue weighted by molar-refractivity contribution is 6.08. The minimum atomic E-state index is -0.184. The van der Waals surface area contributed by atoms with Gasteiger partial charge in [-0.15, -0.1) is 0 Å². The van der Waals surface area contributed by atoms with Gasteiger partial charge in [0.25, 0.3) is 0 Å². The van der Waals surface area contributed by atoms with Crippen molar-refractivity contribution in [1.29, 1.82) is 0 Å². The molecular formula is C24H26N2O2. The molecule has 1 aromatic heterocycles. The van der Waals surface area contributed by atoms with E-state index in [2.05, 4.69) is 24.9 Å². The van der Waals surface area contributed by atoms with Gasteiger partial charge >= 0.3 is 0 Å². The molecule has 1 atom stereocenters. The van der Waals surface area contributed by atoms with E-state index in [1.807, 2.05) is 43.0 Å². The first-order chi connectivity index (χ1) is 13.3. The molecule has 28 heavy (non-hydrogen) atoms. The van der Waals surface area contributed by atoms with Crippen LogP contribution in [-0.2, 0) is 9.59 Å². The van der Waals surface area contributed by atoms with E-state index in [4.69, 9.17) is 0 Å². The molecule has 1 aliphatic heterocycles. The summed E-state index contributed by atoms with van der Waals surface area (Å²) >= 11 is 0. The summed E-state index contributed by atoms with van der Waals surface area (Å²) in [6.07, 6.45) is 5.00. The Hall–Kier alpha value is -2.75. The summed E-state index contributed by atoms with van der Waals surface area (Å²) in [6.45, 7) is 8.29. The van der Waals surface area contributed by atoms with Crippen LogP contribution < -0.4 is 4.90 Å². The average Bonchev–Trinajstić information content (AvgIpc) is 2.62. The van der Waals surface area contributed by atoms with Crippen molar-refractivity contribution in [2.75, 3.05) is 4.90 Å². The maximum atomic E-state index is 13.4. The van der Waals surface area contributed by atoms with E-state index in [0.29, 0.717) is 19.3 Å². The molecule has 1 aliphatic carbocycles. The molecule has 0 fully saturated rings. The first kappa shape index (κ1) is 18.6. The summed E-state index contributed by atoms with van der Waals surface area (Å²) in [4.78, 5) is 32.5. The highest BCUT2D eigenvalue weighted by Crippen LogP contribution is 2.48. The minimum Gasteiger partial charge on any atom is -0.294 e. The lowest BCUT2D eigenvalue weighted by atomic mass is 9.69. The van der Waals surface area contributed by atoms with Crippen LogP contribution in [0.15, 0.2) is 54.0 Å². The SMILES string of the molecule is Cc1ccc(N2C(=O)CC(c3ccncc3)C3=C2CC(C)(C)CC3=O)c(C)c1. The number of aryl methyl sites for hydroxylation is 2. The van der Waals surface area contributed by atoms with Crippen molar-refractivity contribution in [3.8, 4) is 0 Å². The largest absolute Gasteiger partial charge is 0.294 e. The van der Waals surface area contributed by atoms with Gasteiger partial charge in [-0.3, -0.25) is 19.5 Å². The lowest BCUT2D eigenvalue weighted by molar-refractivity contribution is -0.121. The molecule has 0 radical (unpaired) electrons. The number of aromatic nitrogens is 1. The van der Waals surface area contributed by atoms with Crippen molar-refractivity contribution in [2.45, 2.75) is 52.9 Å². The number of benzene rings is 1. The summed E-state index contributed by atoms with van der Waals surface area (Å²) in [5.74, 6) is 0.0319. The maximum absolute atomic E-state index is 13.4. The van der Waals surface area contributed by atoms with E-state index in [9.17, 15) is 9.59 Å². The summed E-state index contributed by atoms with van der Waals surface area (Å²) in [7, 11) is 0. The molecular weight excluding hydrogens is 348 g/mol. The van der Waals surface area contributed by atoms with E-state index in [0.717, 1.165) is 33.6 Å². The number of hydrogen-bond donors (Lipinski definition) is 0. The van der Waals surface area contributed by atoms with Crippen molar-refractivity contribution in [3.05, 3.63) is 70.7 Å². The average molecular weight is 374 g/mol. The van der Waals surface area contributed by atoms with Gasteiger partial charge in [-0.25, -0.2) is 0 Å². The molecule has 4 rings (SSSR count). The van der Waals surface area contributed by atoms with Crippen LogP contribution in [0.5, 0.6) is 0 Å². The molecule has 0 saturated carbocycles. The molecule has 1 amide bonds. The predicted octanol–water partition coefficient (Wildman–Crippen LogP) is 4.86. The Bertz CT molecular complexity index is 989. The Morgan fingerprint density at radius 2 is 1.75 bits per heavy atom. The number of pyridine rings is 1. The second kappa shape index (κ2) is 6.69. The highest BCUT2D eigenvalue weighted by Gasteiger charge is 2.44. The number of anilines is 1. The van der Waals surface area contributed by atoms with Crippen molar-refractivity contribution in [3.63, 3.8) is 0 Å². The normalized spacial score (nSPS) is 21.7. The van der Waals surface area contributed by atoms with Crippen LogP contribution in [0.2, 0.25) is 0 Å². The number of ketones is 1. The molecule has 0 spiro atoms. The second-order valence-corrected chi connectivity index (χ2v) is 8.86. The topological polar surface area (TPSA) is 50.3 Å². The number of hydrogen-bond acceptors (Lipinski definition) is 3. The Morgan fingerprint density at radius 1 is 1.04 bits per heavy atom. The van der Waals surface area contributed by atoms with E-state index in [-0.39, 0.29) is 23.0 Å². The van der Waals surface area contributed by atoms with Gasteiger partial charge in [-0.1, -0.05) is 31.5 Å². The van der Waals surface area contributed by atoms with Crippen molar-refractivity contribution in [2.24, 2.45) is 5.41 Å². The number of rotatable bonds is 2. The number of amides is 1. The van der Waals surface area contributed by atoms with E-state index >= 15 is 0 Å². The van der Waals surface area contributed by atoms with Gasteiger partial charge in [-0.2, -0.15) is 0 Å². The van der Waals surface area contributed by atoms with Crippen LogP contribution >= 0.6 is 0 Å². The van der Waals surface area contributed by atoms with Crippen molar-refractivity contribution >= 4 is 17.4 Å². The molecule has 4 heteroatoms. The molecule has 0 saturated heterocycles. The third kappa shape index (κ3) is 3.17. The van der Waals surface area contributed by atoms with Gasteiger partial charge in [0, 0.05) is 42.4 Å². The zero-order chi connectivity index (χ0) is 20.1. The van der Waals surface area contributed by atoms with Crippen LogP contribution in [0.25, 0.3) is 0 Å². The molecule has 144 valence electrons. The fraction of sp³-hybridized carbons (Fsp3) is 0.375. The van der Waals surface area contributed by atoms with Crippen LogP contribution in [0.3, 0.4) is 0 Å². The van der Waals surface area contributed by atoms with Crippen LogP contribution in [0.1, 0.15) is 55.7 Å². The summed E-state index contributed by atoms with van der Waals surface area (Å²) < 4.78 is 0. The summed E-state index contributed by atoms with van der Waals surface area (Å²) in [5.41, 5.74) is 5.63. The van der Waals surface area contributed by atoms with Gasteiger partial charge in [0.05, 0.1) is 5.69 Å². The number of nitrogens with zero attached hydrogens (tertiary/aromatic N) is 2. The molecule has 1 aromatic carbocycles. The molecule has 2 aromatic rings. The van der Waals surface area contributed by atoms with Gasteiger partial charge in [0.2, 0.25) is 5.91 Å². The molecule has 2 heterocycles. The third-order valence-electron chi connectivity index (χ3n) is 5.84. The fourth-order valence-electron chi connectivity index (χ4n) is 4.63. The monoisotopic (exact) mass is 374 g/mol. The quantitative estimate of drug-likeness (QED) is 0.754. The van der Waals surface area contributed by atoms with Gasteiger partial charge in [-0.05, 0) is 55.0 Å². The third-order valence-corrected chi connectivity index (χ3v) is 5.84. The predicted molar refractivity (Wildman–Crippen MR) is 110 cm³/mol. The van der Waals surface area contributed by atoms with Crippen LogP contribution in [0.4, 0.5) is 5.69 Å². The zero-order valence-electron chi connectivity index (χ0n) is 17.0. The fourth-order valence-corrected chi connectivity index (χ4v) is 4.63. The van der Waals surface area contributed by atoms with E-state index in [1.165, 1.54) is 0 Å². The Labute approximate surface area is 166 Å². The first-order valence-electron chi connectivity index (χ1n) is 9.83.